The molecule has 1 aromatic rings. The number of hydrogen-bond donors (Lipinski definition) is 3. The Morgan fingerprint density at radius 3 is 2.36 bits per heavy atom. The molecular formula is C31H43F3N4O7. The Bertz CT molecular complexity index is 1240. The lowest BCUT2D eigenvalue weighted by molar-refractivity contribution is -0.148. The van der Waals surface area contributed by atoms with Crippen LogP contribution in [0.2, 0.25) is 0 Å². The van der Waals surface area contributed by atoms with Gasteiger partial charge in [-0.15, -0.1) is 0 Å². The van der Waals surface area contributed by atoms with Crippen LogP contribution in [0.25, 0.3) is 0 Å². The maximum atomic E-state index is 14.0. The van der Waals surface area contributed by atoms with Crippen molar-refractivity contribution in [2.24, 2.45) is 5.41 Å². The second-order valence-electron chi connectivity index (χ2n) is 13.9. The number of carbonyl (C=O) groups is 3. The molecule has 7 atom stereocenters. The molecule has 3 N–H and O–H groups in total. The van der Waals surface area contributed by atoms with E-state index in [1.54, 1.807) is 9.80 Å². The zero-order chi connectivity index (χ0) is 32.7. The van der Waals surface area contributed by atoms with Crippen molar-refractivity contribution < 1.29 is 47.2 Å². The van der Waals surface area contributed by atoms with E-state index in [1.165, 1.54) is 12.1 Å². The minimum Gasteiger partial charge on any atom is -0.388 e. The van der Waals surface area contributed by atoms with E-state index >= 15 is 0 Å². The summed E-state index contributed by atoms with van der Waals surface area (Å²) in [5, 5.41) is 24.5. The van der Waals surface area contributed by atoms with Crippen molar-refractivity contribution in [2.45, 2.75) is 95.4 Å². The average Bonchev–Trinajstić information content (AvgIpc) is 3.45. The summed E-state index contributed by atoms with van der Waals surface area (Å²) in [5.74, 6) is -0.803. The average molecular weight is 641 g/mol. The molecule has 4 aliphatic heterocycles. The summed E-state index contributed by atoms with van der Waals surface area (Å²) < 4.78 is 51.3. The SMILES string of the molecule is CC(C)(C)CC(=O)N1C[C@@H]2CN(CCO2)C(=O)[C@@H]2C[C@@H](CN2Cc2ccc(C(F)(F)F)cc2)NC(=O)C[C@@H]2O[C@H](C1)[C@@H](O)[C@H]2O. The molecule has 5 rings (SSSR count). The molecular weight excluding hydrogens is 597 g/mol. The molecule has 11 nitrogen and oxygen atoms in total. The lowest BCUT2D eigenvalue weighted by atomic mass is 9.91. The number of halogens is 3. The van der Waals surface area contributed by atoms with Gasteiger partial charge in [-0.1, -0.05) is 32.9 Å². The highest BCUT2D eigenvalue weighted by Gasteiger charge is 2.46. The van der Waals surface area contributed by atoms with Crippen molar-refractivity contribution in [3.63, 3.8) is 0 Å². The van der Waals surface area contributed by atoms with Crippen LogP contribution in [-0.4, -0.2) is 125 Å². The number of fused-ring (bicyclic) bond motifs is 6. The van der Waals surface area contributed by atoms with E-state index in [0.29, 0.717) is 12.1 Å². The summed E-state index contributed by atoms with van der Waals surface area (Å²) in [4.78, 5) is 45.6. The smallest absolute Gasteiger partial charge is 0.388 e. The third-order valence-electron chi connectivity index (χ3n) is 8.88. The molecule has 4 heterocycles. The van der Waals surface area contributed by atoms with Crippen LogP contribution < -0.4 is 5.32 Å². The van der Waals surface area contributed by atoms with Gasteiger partial charge in [-0.25, -0.2) is 0 Å². The van der Waals surface area contributed by atoms with Gasteiger partial charge in [-0.05, 0) is 29.5 Å². The Morgan fingerprint density at radius 1 is 1.00 bits per heavy atom. The molecule has 250 valence electrons. The van der Waals surface area contributed by atoms with Crippen LogP contribution in [0.15, 0.2) is 24.3 Å². The second kappa shape index (κ2) is 13.1. The van der Waals surface area contributed by atoms with E-state index in [-0.39, 0.29) is 75.8 Å². The highest BCUT2D eigenvalue weighted by atomic mass is 19.4. The molecule has 0 aromatic heterocycles. The Balaban J connectivity index is 1.40. The molecule has 1 aromatic carbocycles. The van der Waals surface area contributed by atoms with E-state index in [4.69, 9.17) is 9.47 Å². The van der Waals surface area contributed by atoms with Gasteiger partial charge in [0.25, 0.3) is 0 Å². The Hall–Kier alpha value is -2.78. The van der Waals surface area contributed by atoms with Crippen molar-refractivity contribution in [3.8, 4) is 0 Å². The lowest BCUT2D eigenvalue weighted by Crippen LogP contribution is -2.55. The van der Waals surface area contributed by atoms with Crippen molar-refractivity contribution in [1.82, 2.24) is 20.0 Å². The van der Waals surface area contributed by atoms with Gasteiger partial charge in [0.1, 0.15) is 18.3 Å². The van der Waals surface area contributed by atoms with Crippen LogP contribution in [-0.2, 0) is 36.6 Å². The van der Waals surface area contributed by atoms with Crippen molar-refractivity contribution >= 4 is 17.7 Å². The van der Waals surface area contributed by atoms with Crippen molar-refractivity contribution in [2.75, 3.05) is 39.3 Å². The molecule has 0 radical (unpaired) electrons. The van der Waals surface area contributed by atoms with Gasteiger partial charge in [0, 0.05) is 51.7 Å². The summed E-state index contributed by atoms with van der Waals surface area (Å²) in [6.45, 7) is 7.17. The number of carbonyl (C=O) groups excluding carboxylic acids is 3. The van der Waals surface area contributed by atoms with Gasteiger partial charge in [0.2, 0.25) is 17.7 Å². The number of hydrogen-bond acceptors (Lipinski definition) is 8. The number of amides is 3. The van der Waals surface area contributed by atoms with E-state index in [9.17, 15) is 37.8 Å². The number of benzene rings is 1. The third-order valence-corrected chi connectivity index (χ3v) is 8.88. The number of aliphatic hydroxyl groups is 2. The Labute approximate surface area is 260 Å². The Kier molecular flexibility index (Phi) is 9.81. The molecule has 0 unspecified atom stereocenters. The number of nitrogens with one attached hydrogen (secondary N) is 1. The molecule has 4 saturated heterocycles. The van der Waals surface area contributed by atoms with Crippen LogP contribution in [0.4, 0.5) is 13.2 Å². The van der Waals surface area contributed by atoms with Gasteiger partial charge in [-0.2, -0.15) is 13.2 Å². The number of rotatable bonds is 3. The van der Waals surface area contributed by atoms with E-state index in [1.807, 2.05) is 25.7 Å². The topological polar surface area (TPSA) is 132 Å². The number of ether oxygens (including phenoxy) is 2. The van der Waals surface area contributed by atoms with Gasteiger partial charge >= 0.3 is 6.18 Å². The van der Waals surface area contributed by atoms with Gasteiger partial charge in [-0.3, -0.25) is 19.3 Å². The highest BCUT2D eigenvalue weighted by Crippen LogP contribution is 2.31. The van der Waals surface area contributed by atoms with E-state index in [0.717, 1.165) is 12.1 Å². The van der Waals surface area contributed by atoms with Crippen LogP contribution in [0.3, 0.4) is 0 Å². The third kappa shape index (κ3) is 8.15. The minimum absolute atomic E-state index is 0.0226. The summed E-state index contributed by atoms with van der Waals surface area (Å²) in [6, 6.07) is 3.71. The summed E-state index contributed by atoms with van der Waals surface area (Å²) in [7, 11) is 0. The predicted octanol–water partition coefficient (Wildman–Crippen LogP) is 1.15. The van der Waals surface area contributed by atoms with Crippen LogP contribution >= 0.6 is 0 Å². The zero-order valence-corrected chi connectivity index (χ0v) is 25.8. The van der Waals surface area contributed by atoms with Gasteiger partial charge < -0.3 is 34.8 Å². The van der Waals surface area contributed by atoms with Crippen molar-refractivity contribution in [3.05, 3.63) is 35.4 Å². The number of aliphatic hydroxyl groups excluding tert-OH is 2. The van der Waals surface area contributed by atoms with Gasteiger partial charge in [0.15, 0.2) is 0 Å². The first-order valence-corrected chi connectivity index (χ1v) is 15.5. The number of likely N-dealkylation sites (tertiary alicyclic amines) is 1. The van der Waals surface area contributed by atoms with Gasteiger partial charge in [0.05, 0.1) is 36.8 Å². The molecule has 0 saturated carbocycles. The fourth-order valence-electron chi connectivity index (χ4n) is 6.64. The quantitative estimate of drug-likeness (QED) is 0.449. The summed E-state index contributed by atoms with van der Waals surface area (Å²) >= 11 is 0. The molecule has 4 fully saturated rings. The Morgan fingerprint density at radius 2 is 1.69 bits per heavy atom. The maximum absolute atomic E-state index is 14.0. The maximum Gasteiger partial charge on any atom is 0.416 e. The normalized spacial score (nSPS) is 32.1. The standard InChI is InChI=1S/C31H43F3N4O7/c1-30(2,3)12-26(40)38-16-21-15-36(8-9-44-21)29(43)22-10-20(35-25(39)11-23-27(41)28(42)24(17-38)45-23)14-37(22)13-18-4-6-19(7-5-18)31(32,33)34/h4-7,20-24,27-28,41-42H,8-17H2,1-3H3,(H,35,39)/t20-,21-,22-,23-,24+,27-,28+/m0/s1. The molecule has 4 aliphatic rings. The predicted molar refractivity (Wildman–Crippen MR) is 154 cm³/mol. The monoisotopic (exact) mass is 640 g/mol. The van der Waals surface area contributed by atoms with Crippen LogP contribution in [0, 0.1) is 5.41 Å². The first kappa shape index (κ1) is 33.6. The lowest BCUT2D eigenvalue weighted by Gasteiger charge is -2.39. The molecule has 0 spiro atoms. The summed E-state index contributed by atoms with van der Waals surface area (Å²) in [5.41, 5.74) is -0.498. The van der Waals surface area contributed by atoms with E-state index in [2.05, 4.69) is 5.32 Å². The van der Waals surface area contributed by atoms with Crippen LogP contribution in [0.1, 0.15) is 51.2 Å². The minimum atomic E-state index is -4.46. The fraction of sp³-hybridized carbons (Fsp3) is 0.710. The molecule has 14 heteroatoms. The number of morpholine rings is 1. The zero-order valence-electron chi connectivity index (χ0n) is 25.8. The molecule has 45 heavy (non-hydrogen) atoms. The van der Waals surface area contributed by atoms with Crippen LogP contribution in [0.5, 0.6) is 0 Å². The molecule has 0 aliphatic carbocycles. The van der Waals surface area contributed by atoms with Crippen molar-refractivity contribution in [1.29, 1.82) is 0 Å². The number of alkyl halides is 3. The molecule has 6 bridgehead atoms. The first-order chi connectivity index (χ1) is 21.1. The number of nitrogens with zero attached hydrogens (tertiary/aromatic N) is 3. The highest BCUT2D eigenvalue weighted by molar-refractivity contribution is 5.83. The first-order valence-electron chi connectivity index (χ1n) is 15.5. The largest absolute Gasteiger partial charge is 0.416 e. The molecule has 3 amide bonds. The second-order valence-corrected chi connectivity index (χ2v) is 13.9. The summed E-state index contributed by atoms with van der Waals surface area (Å²) in [6.07, 6.45) is -9.31. The van der Waals surface area contributed by atoms with E-state index < -0.39 is 60.3 Å². The fourth-order valence-corrected chi connectivity index (χ4v) is 6.64.